The average Bonchev–Trinajstić information content (AvgIpc) is 3.40. The van der Waals surface area contributed by atoms with Gasteiger partial charge < -0.3 is 15.5 Å². The number of esters is 1. The molecule has 2 aromatic heterocycles. The maximum absolute atomic E-state index is 14.5. The zero-order chi connectivity index (χ0) is 21.6. The molecule has 1 aromatic carbocycles. The lowest BCUT2D eigenvalue weighted by Gasteiger charge is -2.08. The quantitative estimate of drug-likeness (QED) is 0.371. The number of hydrogen-bond donors (Lipinski definition) is 2. The fourth-order valence-corrected chi connectivity index (χ4v) is 3.28. The second-order valence-electron chi connectivity index (χ2n) is 6.86. The number of aromatic nitrogens is 3. The van der Waals surface area contributed by atoms with Crippen molar-refractivity contribution >= 4 is 17.5 Å². The predicted molar refractivity (Wildman–Crippen MR) is 101 cm³/mol. The summed E-state index contributed by atoms with van der Waals surface area (Å²) in [6.07, 6.45) is 0.960. The maximum atomic E-state index is 14.5. The number of hydrogen-bond acceptors (Lipinski definition) is 7. The topological polar surface area (TPSA) is 137 Å². The van der Waals surface area contributed by atoms with E-state index in [0.717, 1.165) is 12.1 Å². The van der Waals surface area contributed by atoms with Crippen molar-refractivity contribution in [2.24, 2.45) is 0 Å². The molecule has 1 fully saturated rings. The van der Waals surface area contributed by atoms with E-state index in [9.17, 15) is 23.7 Å². The Hall–Kier alpha value is -3.89. The molecule has 4 rings (SSSR count). The predicted octanol–water partition coefficient (Wildman–Crippen LogP) is 3.11. The van der Waals surface area contributed by atoms with E-state index in [1.54, 1.807) is 0 Å². The Kier molecular flexibility index (Phi) is 4.45. The molecule has 2 heterocycles. The average molecular weight is 415 g/mol. The number of H-pyrrole nitrogens is 1. The number of methoxy groups -OCH3 is 1. The van der Waals surface area contributed by atoms with Gasteiger partial charge in [-0.05, 0) is 31.0 Å². The number of nitrogens with zero attached hydrogens (tertiary/aromatic N) is 3. The Morgan fingerprint density at radius 1 is 1.27 bits per heavy atom. The Bertz CT molecular complexity index is 1190. The summed E-state index contributed by atoms with van der Waals surface area (Å²) in [6, 6.07) is 5.48. The molecule has 1 aliphatic rings. The third-order valence-corrected chi connectivity index (χ3v) is 5.03. The molecule has 0 spiro atoms. The van der Waals surface area contributed by atoms with Gasteiger partial charge in [0.05, 0.1) is 23.4 Å². The van der Waals surface area contributed by atoms with Crippen LogP contribution >= 0.6 is 0 Å². The van der Waals surface area contributed by atoms with Crippen molar-refractivity contribution < 1.29 is 23.2 Å². The Morgan fingerprint density at radius 3 is 2.57 bits per heavy atom. The zero-order valence-electron chi connectivity index (χ0n) is 15.6. The highest BCUT2D eigenvalue weighted by Crippen LogP contribution is 2.49. The molecule has 0 saturated heterocycles. The van der Waals surface area contributed by atoms with Gasteiger partial charge in [-0.15, -0.1) is 0 Å². The van der Waals surface area contributed by atoms with Crippen molar-refractivity contribution in [2.45, 2.75) is 18.3 Å². The van der Waals surface area contributed by atoms with Gasteiger partial charge in [-0.1, -0.05) is 0 Å². The Labute approximate surface area is 168 Å². The van der Waals surface area contributed by atoms with Crippen LogP contribution in [-0.2, 0) is 14.9 Å². The molecule has 0 atom stereocenters. The van der Waals surface area contributed by atoms with Gasteiger partial charge >= 0.3 is 11.7 Å². The lowest BCUT2D eigenvalue weighted by atomic mass is 10.1. The van der Waals surface area contributed by atoms with Gasteiger partial charge in [0, 0.05) is 17.7 Å². The third-order valence-electron chi connectivity index (χ3n) is 5.03. The number of ether oxygens (including phenoxy) is 1. The van der Waals surface area contributed by atoms with Gasteiger partial charge in [0.25, 0.3) is 0 Å². The fraction of sp³-hybridized carbons (Fsp3) is 0.211. The molecule has 3 N–H and O–H groups in total. The van der Waals surface area contributed by atoms with Crippen molar-refractivity contribution in [2.75, 3.05) is 12.8 Å². The Morgan fingerprint density at radius 2 is 2.00 bits per heavy atom. The van der Waals surface area contributed by atoms with Crippen LogP contribution in [0.5, 0.6) is 0 Å². The van der Waals surface area contributed by atoms with Crippen LogP contribution in [0.2, 0.25) is 0 Å². The van der Waals surface area contributed by atoms with Crippen molar-refractivity contribution in [3.63, 3.8) is 0 Å². The number of rotatable bonds is 5. The van der Waals surface area contributed by atoms with Gasteiger partial charge in [-0.2, -0.15) is 0 Å². The molecule has 1 aliphatic carbocycles. The first-order chi connectivity index (χ1) is 14.3. The standard InChI is InChI=1S/C19H15F2N5O4/c1-30-18(27)19(6-7-19)17-24-14(10-3-2-9(20)8-11(10)21)15(25-17)12-4-5-13(26(28)29)16(22)23-12/h2-5,8H,6-7H2,1H3,(H2,22,23)(H,24,25). The van der Waals surface area contributed by atoms with Crippen LogP contribution in [0, 0.1) is 21.7 Å². The van der Waals surface area contributed by atoms with E-state index in [0.29, 0.717) is 18.9 Å². The van der Waals surface area contributed by atoms with Crippen molar-refractivity contribution in [3.8, 4) is 22.6 Å². The van der Waals surface area contributed by atoms with E-state index >= 15 is 0 Å². The highest BCUT2D eigenvalue weighted by atomic mass is 19.1. The molecule has 0 unspecified atom stereocenters. The largest absolute Gasteiger partial charge is 0.468 e. The second-order valence-corrected chi connectivity index (χ2v) is 6.86. The van der Waals surface area contributed by atoms with Crippen molar-refractivity contribution in [1.29, 1.82) is 0 Å². The van der Waals surface area contributed by atoms with Crippen LogP contribution in [0.3, 0.4) is 0 Å². The summed E-state index contributed by atoms with van der Waals surface area (Å²) in [5, 5.41) is 11.0. The lowest BCUT2D eigenvalue weighted by Crippen LogP contribution is -2.23. The third kappa shape index (κ3) is 3.04. The van der Waals surface area contributed by atoms with Gasteiger partial charge in [-0.3, -0.25) is 14.9 Å². The Balaban J connectivity index is 1.92. The number of imidazole rings is 1. The number of halogens is 2. The summed E-state index contributed by atoms with van der Waals surface area (Å²) in [7, 11) is 1.26. The summed E-state index contributed by atoms with van der Waals surface area (Å²) in [6.45, 7) is 0. The second kappa shape index (κ2) is 6.87. The number of carbonyl (C=O) groups excluding carboxylic acids is 1. The minimum Gasteiger partial charge on any atom is -0.468 e. The van der Waals surface area contributed by atoms with Gasteiger partial charge in [-0.25, -0.2) is 18.7 Å². The molecule has 154 valence electrons. The monoisotopic (exact) mass is 415 g/mol. The minimum absolute atomic E-state index is 0.00969. The molecule has 11 heteroatoms. The first-order valence-corrected chi connectivity index (χ1v) is 8.82. The van der Waals surface area contributed by atoms with E-state index in [1.165, 1.54) is 19.2 Å². The summed E-state index contributed by atoms with van der Waals surface area (Å²) < 4.78 is 32.8. The maximum Gasteiger partial charge on any atom is 0.319 e. The normalized spacial score (nSPS) is 14.4. The summed E-state index contributed by atoms with van der Waals surface area (Å²) >= 11 is 0. The number of anilines is 1. The molecule has 30 heavy (non-hydrogen) atoms. The van der Waals surface area contributed by atoms with Crippen molar-refractivity contribution in [3.05, 3.63) is 57.9 Å². The first-order valence-electron chi connectivity index (χ1n) is 8.82. The van der Waals surface area contributed by atoms with Crippen LogP contribution in [0.25, 0.3) is 22.6 Å². The van der Waals surface area contributed by atoms with E-state index in [2.05, 4.69) is 15.0 Å². The van der Waals surface area contributed by atoms with Crippen LogP contribution in [0.1, 0.15) is 18.7 Å². The van der Waals surface area contributed by atoms with E-state index in [-0.39, 0.29) is 34.3 Å². The molecule has 0 bridgehead atoms. The van der Waals surface area contributed by atoms with Crippen LogP contribution in [0.15, 0.2) is 30.3 Å². The molecule has 0 aliphatic heterocycles. The van der Waals surface area contributed by atoms with E-state index in [1.807, 2.05) is 0 Å². The van der Waals surface area contributed by atoms with Crippen LogP contribution < -0.4 is 5.73 Å². The van der Waals surface area contributed by atoms with Gasteiger partial charge in [0.15, 0.2) is 0 Å². The van der Waals surface area contributed by atoms with E-state index in [4.69, 9.17) is 10.5 Å². The molecular formula is C19H15F2N5O4. The first kappa shape index (κ1) is 19.4. The van der Waals surface area contributed by atoms with E-state index < -0.39 is 33.6 Å². The SMILES string of the molecule is COC(=O)C1(c2nc(-c3ccc([N+](=O)[O-])c(N)n3)c(-c3ccc(F)cc3F)[nH]2)CC1. The van der Waals surface area contributed by atoms with Crippen LogP contribution in [-0.4, -0.2) is 33.0 Å². The van der Waals surface area contributed by atoms with Crippen molar-refractivity contribution in [1.82, 2.24) is 15.0 Å². The number of aromatic amines is 1. The number of carbonyl (C=O) groups is 1. The zero-order valence-corrected chi connectivity index (χ0v) is 15.6. The molecule has 1 saturated carbocycles. The molecule has 3 aromatic rings. The molecule has 0 amide bonds. The van der Waals surface area contributed by atoms with Gasteiger partial charge in [0.1, 0.15) is 28.6 Å². The smallest absolute Gasteiger partial charge is 0.319 e. The minimum atomic E-state index is -0.995. The number of nitrogens with one attached hydrogen (secondary N) is 1. The summed E-state index contributed by atoms with van der Waals surface area (Å²) in [5.74, 6) is -2.22. The number of nitro groups is 1. The number of nitrogen functional groups attached to an aromatic ring is 1. The van der Waals surface area contributed by atoms with Gasteiger partial charge in [0.2, 0.25) is 5.82 Å². The number of nitrogens with two attached hydrogens (primary N) is 1. The van der Waals surface area contributed by atoms with Crippen LogP contribution in [0.4, 0.5) is 20.3 Å². The summed E-state index contributed by atoms with van der Waals surface area (Å²) in [5.41, 5.74) is 4.67. The molecular weight excluding hydrogens is 400 g/mol. The molecule has 9 nitrogen and oxygen atoms in total. The highest BCUT2D eigenvalue weighted by molar-refractivity contribution is 5.87. The summed E-state index contributed by atoms with van der Waals surface area (Å²) in [4.78, 5) is 34.0. The fourth-order valence-electron chi connectivity index (χ4n) is 3.28. The number of benzene rings is 1. The lowest BCUT2D eigenvalue weighted by molar-refractivity contribution is -0.384. The number of pyridine rings is 1. The highest BCUT2D eigenvalue weighted by Gasteiger charge is 2.55. The molecule has 0 radical (unpaired) electrons.